The minimum atomic E-state index is -0.738. The maximum absolute atomic E-state index is 13.4. The lowest BCUT2D eigenvalue weighted by Crippen LogP contribution is -2.53. The van der Waals surface area contributed by atoms with Gasteiger partial charge in [-0.25, -0.2) is 0 Å². The lowest BCUT2D eigenvalue weighted by Gasteiger charge is -2.26. The molecule has 0 spiro atoms. The topological polar surface area (TPSA) is 90.5 Å². The Morgan fingerprint density at radius 2 is 1.60 bits per heavy atom. The average molecular weight is 494 g/mol. The molecule has 4 N–H and O–H groups in total. The SMILES string of the molecule is O=C(NC(Cc1ccc2ccccc2c1)C(=O)NC(CO)Cc1ccc(Cl)cc1)C1CCNCC1. The summed E-state index contributed by atoms with van der Waals surface area (Å²) in [5, 5.41) is 22.0. The van der Waals surface area contributed by atoms with Crippen LogP contribution in [0.3, 0.4) is 0 Å². The van der Waals surface area contributed by atoms with Crippen LogP contribution in [-0.2, 0) is 22.4 Å². The smallest absolute Gasteiger partial charge is 0.243 e. The second kappa shape index (κ2) is 12.2. The maximum Gasteiger partial charge on any atom is 0.243 e. The molecule has 35 heavy (non-hydrogen) atoms. The molecule has 1 aliphatic heterocycles. The number of halogens is 1. The monoisotopic (exact) mass is 493 g/mol. The Labute approximate surface area is 211 Å². The molecule has 2 amide bonds. The van der Waals surface area contributed by atoms with Crippen molar-refractivity contribution >= 4 is 34.2 Å². The van der Waals surface area contributed by atoms with Gasteiger partial charge in [0.25, 0.3) is 0 Å². The van der Waals surface area contributed by atoms with Crippen LogP contribution in [0.5, 0.6) is 0 Å². The van der Waals surface area contributed by atoms with Crippen molar-refractivity contribution in [2.45, 2.75) is 37.8 Å². The molecule has 184 valence electrons. The highest BCUT2D eigenvalue weighted by molar-refractivity contribution is 6.30. The van der Waals surface area contributed by atoms with Gasteiger partial charge < -0.3 is 21.1 Å². The molecule has 1 fully saturated rings. The molecule has 3 aromatic rings. The first-order chi connectivity index (χ1) is 17.0. The number of carbonyl (C=O) groups is 2. The number of aliphatic hydroxyl groups is 1. The number of nitrogens with one attached hydrogen (secondary N) is 3. The van der Waals surface area contributed by atoms with Gasteiger partial charge in [-0.2, -0.15) is 0 Å². The highest BCUT2D eigenvalue weighted by atomic mass is 35.5. The summed E-state index contributed by atoms with van der Waals surface area (Å²) in [5.74, 6) is -0.495. The first-order valence-electron chi connectivity index (χ1n) is 12.2. The van der Waals surface area contributed by atoms with E-state index in [2.05, 4.69) is 22.0 Å². The van der Waals surface area contributed by atoms with Crippen LogP contribution in [0.25, 0.3) is 10.8 Å². The molecular formula is C28H32ClN3O3. The van der Waals surface area contributed by atoms with Crippen molar-refractivity contribution in [2.75, 3.05) is 19.7 Å². The standard InChI is InChI=1S/C28H32ClN3O3/c29-24-9-6-19(7-10-24)16-25(18-33)31-28(35)26(32-27(34)22-11-13-30-14-12-22)17-20-5-8-21-3-1-2-4-23(21)15-20/h1-10,15,22,25-26,30,33H,11-14,16-18H2,(H,31,35)(H,32,34). The number of amides is 2. The fourth-order valence-electron chi connectivity index (χ4n) is 4.55. The Morgan fingerprint density at radius 3 is 2.31 bits per heavy atom. The Bertz CT molecular complexity index is 1150. The maximum atomic E-state index is 13.4. The molecular weight excluding hydrogens is 462 g/mol. The number of rotatable bonds is 9. The van der Waals surface area contributed by atoms with Gasteiger partial charge in [0.2, 0.25) is 11.8 Å². The van der Waals surface area contributed by atoms with Gasteiger partial charge in [-0.3, -0.25) is 9.59 Å². The predicted molar refractivity (Wildman–Crippen MR) is 139 cm³/mol. The molecule has 0 radical (unpaired) electrons. The molecule has 7 heteroatoms. The van der Waals surface area contributed by atoms with E-state index < -0.39 is 12.1 Å². The van der Waals surface area contributed by atoms with Gasteiger partial charge in [0, 0.05) is 17.4 Å². The summed E-state index contributed by atoms with van der Waals surface area (Å²) >= 11 is 5.97. The van der Waals surface area contributed by atoms with Crippen molar-refractivity contribution in [3.05, 3.63) is 82.9 Å². The summed E-state index contributed by atoms with van der Waals surface area (Å²) in [5.41, 5.74) is 1.92. The first-order valence-corrected chi connectivity index (χ1v) is 12.5. The van der Waals surface area contributed by atoms with Crippen LogP contribution < -0.4 is 16.0 Å². The molecule has 0 bridgehead atoms. The van der Waals surface area contributed by atoms with E-state index in [9.17, 15) is 14.7 Å². The molecule has 1 saturated heterocycles. The van der Waals surface area contributed by atoms with Crippen LogP contribution in [0, 0.1) is 5.92 Å². The van der Waals surface area contributed by atoms with Crippen molar-refractivity contribution in [1.82, 2.24) is 16.0 Å². The third kappa shape index (κ3) is 7.04. The number of carbonyl (C=O) groups excluding carboxylic acids is 2. The van der Waals surface area contributed by atoms with Crippen LogP contribution in [0.15, 0.2) is 66.7 Å². The van der Waals surface area contributed by atoms with Gasteiger partial charge in [0.05, 0.1) is 12.6 Å². The zero-order chi connectivity index (χ0) is 24.6. The summed E-state index contributed by atoms with van der Waals surface area (Å²) in [4.78, 5) is 26.4. The molecule has 0 aliphatic carbocycles. The van der Waals surface area contributed by atoms with E-state index in [0.29, 0.717) is 17.9 Å². The zero-order valence-corrected chi connectivity index (χ0v) is 20.4. The highest BCUT2D eigenvalue weighted by Gasteiger charge is 2.28. The van der Waals surface area contributed by atoms with Crippen LogP contribution in [-0.4, -0.2) is 48.7 Å². The molecule has 2 atom stereocenters. The third-order valence-electron chi connectivity index (χ3n) is 6.56. The Kier molecular flexibility index (Phi) is 8.74. The predicted octanol–water partition coefficient (Wildman–Crippen LogP) is 3.24. The fraction of sp³-hybridized carbons (Fsp3) is 0.357. The molecule has 0 aromatic heterocycles. The van der Waals surface area contributed by atoms with Crippen molar-refractivity contribution < 1.29 is 14.7 Å². The molecule has 1 heterocycles. The van der Waals surface area contributed by atoms with E-state index >= 15 is 0 Å². The zero-order valence-electron chi connectivity index (χ0n) is 19.7. The van der Waals surface area contributed by atoms with E-state index in [1.807, 2.05) is 48.5 Å². The van der Waals surface area contributed by atoms with Crippen molar-refractivity contribution in [3.8, 4) is 0 Å². The van der Waals surface area contributed by atoms with Crippen LogP contribution in [0.2, 0.25) is 5.02 Å². The van der Waals surface area contributed by atoms with Gasteiger partial charge in [-0.1, -0.05) is 66.2 Å². The van der Waals surface area contributed by atoms with Gasteiger partial charge in [-0.05, 0) is 66.4 Å². The largest absolute Gasteiger partial charge is 0.394 e. The van der Waals surface area contributed by atoms with Crippen LogP contribution >= 0.6 is 11.6 Å². The lowest BCUT2D eigenvalue weighted by atomic mass is 9.95. The normalized spacial score (nSPS) is 15.9. The molecule has 2 unspecified atom stereocenters. The highest BCUT2D eigenvalue weighted by Crippen LogP contribution is 2.18. The summed E-state index contributed by atoms with van der Waals surface area (Å²) in [6, 6.07) is 20.3. The molecule has 3 aromatic carbocycles. The second-order valence-electron chi connectivity index (χ2n) is 9.19. The van der Waals surface area contributed by atoms with Gasteiger partial charge in [0.1, 0.15) is 6.04 Å². The molecule has 1 aliphatic rings. The Balaban J connectivity index is 1.49. The Morgan fingerprint density at radius 1 is 0.914 bits per heavy atom. The molecule has 6 nitrogen and oxygen atoms in total. The van der Waals surface area contributed by atoms with Crippen LogP contribution in [0.1, 0.15) is 24.0 Å². The number of fused-ring (bicyclic) bond motifs is 1. The van der Waals surface area contributed by atoms with Crippen molar-refractivity contribution in [1.29, 1.82) is 0 Å². The van der Waals surface area contributed by atoms with E-state index in [1.165, 1.54) is 0 Å². The number of aliphatic hydroxyl groups excluding tert-OH is 1. The number of hydrogen-bond acceptors (Lipinski definition) is 4. The lowest BCUT2D eigenvalue weighted by molar-refractivity contribution is -0.132. The average Bonchev–Trinajstić information content (AvgIpc) is 2.89. The van der Waals surface area contributed by atoms with E-state index in [4.69, 9.17) is 11.6 Å². The summed E-state index contributed by atoms with van der Waals surface area (Å²) in [6.07, 6.45) is 2.34. The minimum Gasteiger partial charge on any atom is -0.394 e. The second-order valence-corrected chi connectivity index (χ2v) is 9.63. The summed E-state index contributed by atoms with van der Waals surface area (Å²) in [6.45, 7) is 1.39. The summed E-state index contributed by atoms with van der Waals surface area (Å²) < 4.78 is 0. The first kappa shape index (κ1) is 25.2. The van der Waals surface area contributed by atoms with Gasteiger partial charge in [0.15, 0.2) is 0 Å². The minimum absolute atomic E-state index is 0.0920. The summed E-state index contributed by atoms with van der Waals surface area (Å²) in [7, 11) is 0. The fourth-order valence-corrected chi connectivity index (χ4v) is 4.68. The quantitative estimate of drug-likeness (QED) is 0.368. The molecule has 0 saturated carbocycles. The number of benzene rings is 3. The third-order valence-corrected chi connectivity index (χ3v) is 6.81. The van der Waals surface area contributed by atoms with Crippen LogP contribution in [0.4, 0.5) is 0 Å². The van der Waals surface area contributed by atoms with E-state index in [-0.39, 0.29) is 24.3 Å². The van der Waals surface area contributed by atoms with Gasteiger partial charge in [-0.15, -0.1) is 0 Å². The Hall–Kier alpha value is -2.93. The van der Waals surface area contributed by atoms with E-state index in [0.717, 1.165) is 47.8 Å². The number of piperidine rings is 1. The van der Waals surface area contributed by atoms with E-state index in [1.54, 1.807) is 12.1 Å². The molecule has 4 rings (SSSR count). The van der Waals surface area contributed by atoms with Gasteiger partial charge >= 0.3 is 0 Å². The van der Waals surface area contributed by atoms with Crippen molar-refractivity contribution in [3.63, 3.8) is 0 Å². The number of hydrogen-bond donors (Lipinski definition) is 4. The van der Waals surface area contributed by atoms with Crippen molar-refractivity contribution in [2.24, 2.45) is 5.92 Å².